The minimum atomic E-state index is -0.396. The van der Waals surface area contributed by atoms with E-state index in [1.807, 2.05) is 30.3 Å². The van der Waals surface area contributed by atoms with Gasteiger partial charge in [-0.05, 0) is 18.9 Å². The molecular weight excluding hydrogens is 216 g/mol. The summed E-state index contributed by atoms with van der Waals surface area (Å²) in [5.74, 6) is -1.02. The lowest BCUT2D eigenvalue weighted by Gasteiger charge is -2.17. The molecule has 0 aliphatic rings. The Morgan fingerprint density at radius 1 is 1.35 bits per heavy atom. The van der Waals surface area contributed by atoms with Crippen LogP contribution < -0.4 is 0 Å². The molecule has 3 nitrogen and oxygen atoms in total. The van der Waals surface area contributed by atoms with Crippen LogP contribution in [0.2, 0.25) is 0 Å². The molecule has 0 fully saturated rings. The van der Waals surface area contributed by atoms with Gasteiger partial charge in [0.1, 0.15) is 6.29 Å². The standard InChI is InChI=1S/C14H18O3/c1-3-17-14(16)11(2)13(10-15)9-12-7-5-4-6-8-12/h4-8,10-11,13H,3,9H2,1-2H3/t11?,13-/m1/s1. The molecule has 0 heterocycles. The monoisotopic (exact) mass is 234 g/mol. The topological polar surface area (TPSA) is 43.4 Å². The summed E-state index contributed by atoms with van der Waals surface area (Å²) in [6.07, 6.45) is 1.42. The molecule has 0 aromatic heterocycles. The van der Waals surface area contributed by atoms with Gasteiger partial charge < -0.3 is 9.53 Å². The minimum absolute atomic E-state index is 0.305. The average molecular weight is 234 g/mol. The van der Waals surface area contributed by atoms with E-state index in [0.29, 0.717) is 13.0 Å². The zero-order valence-electron chi connectivity index (χ0n) is 10.3. The summed E-state index contributed by atoms with van der Waals surface area (Å²) in [4.78, 5) is 22.6. The maximum atomic E-state index is 11.6. The third kappa shape index (κ3) is 4.02. The molecule has 0 saturated carbocycles. The second kappa shape index (κ2) is 6.84. The molecule has 0 aliphatic heterocycles. The molecule has 0 amide bonds. The Morgan fingerprint density at radius 3 is 2.53 bits per heavy atom. The van der Waals surface area contributed by atoms with Crippen molar-refractivity contribution >= 4 is 12.3 Å². The summed E-state index contributed by atoms with van der Waals surface area (Å²) >= 11 is 0. The van der Waals surface area contributed by atoms with E-state index in [0.717, 1.165) is 11.8 Å². The number of rotatable bonds is 6. The zero-order valence-corrected chi connectivity index (χ0v) is 10.3. The molecule has 2 atom stereocenters. The molecule has 3 heteroatoms. The van der Waals surface area contributed by atoms with Crippen molar-refractivity contribution in [1.29, 1.82) is 0 Å². The van der Waals surface area contributed by atoms with E-state index in [2.05, 4.69) is 0 Å². The summed E-state index contributed by atoms with van der Waals surface area (Å²) < 4.78 is 4.93. The van der Waals surface area contributed by atoms with Gasteiger partial charge in [-0.3, -0.25) is 4.79 Å². The van der Waals surface area contributed by atoms with Crippen LogP contribution in [0.3, 0.4) is 0 Å². The van der Waals surface area contributed by atoms with Gasteiger partial charge in [-0.25, -0.2) is 0 Å². The highest BCUT2D eigenvalue weighted by Gasteiger charge is 2.24. The number of carbonyl (C=O) groups is 2. The van der Waals surface area contributed by atoms with Gasteiger partial charge >= 0.3 is 5.97 Å². The fraction of sp³-hybridized carbons (Fsp3) is 0.429. The van der Waals surface area contributed by atoms with Crippen LogP contribution in [0, 0.1) is 11.8 Å². The third-order valence-electron chi connectivity index (χ3n) is 2.79. The van der Waals surface area contributed by atoms with Crippen LogP contribution in [-0.2, 0) is 20.7 Å². The number of esters is 1. The van der Waals surface area contributed by atoms with E-state index in [-0.39, 0.29) is 11.9 Å². The van der Waals surface area contributed by atoms with Gasteiger partial charge in [0.2, 0.25) is 0 Å². The molecule has 17 heavy (non-hydrogen) atoms. The maximum absolute atomic E-state index is 11.6. The summed E-state index contributed by atoms with van der Waals surface area (Å²) in [6, 6.07) is 9.68. The lowest BCUT2D eigenvalue weighted by molar-refractivity contribution is -0.150. The summed E-state index contributed by atoms with van der Waals surface area (Å²) in [5, 5.41) is 0. The van der Waals surface area contributed by atoms with Crippen LogP contribution in [0.4, 0.5) is 0 Å². The van der Waals surface area contributed by atoms with Gasteiger partial charge in [0.15, 0.2) is 0 Å². The Balaban J connectivity index is 2.65. The maximum Gasteiger partial charge on any atom is 0.309 e. The third-order valence-corrected chi connectivity index (χ3v) is 2.79. The Morgan fingerprint density at radius 2 is 2.00 bits per heavy atom. The van der Waals surface area contributed by atoms with Crippen molar-refractivity contribution in [3.63, 3.8) is 0 Å². The van der Waals surface area contributed by atoms with Crippen molar-refractivity contribution in [3.05, 3.63) is 35.9 Å². The van der Waals surface area contributed by atoms with Gasteiger partial charge in [0, 0.05) is 5.92 Å². The van der Waals surface area contributed by atoms with Crippen molar-refractivity contribution in [1.82, 2.24) is 0 Å². The summed E-state index contributed by atoms with van der Waals surface area (Å²) in [5.41, 5.74) is 1.06. The molecule has 0 spiro atoms. The lowest BCUT2D eigenvalue weighted by Crippen LogP contribution is -2.26. The Bertz CT molecular complexity index is 359. The van der Waals surface area contributed by atoms with E-state index >= 15 is 0 Å². The van der Waals surface area contributed by atoms with Gasteiger partial charge in [0.25, 0.3) is 0 Å². The highest BCUT2D eigenvalue weighted by molar-refractivity contribution is 5.76. The van der Waals surface area contributed by atoms with Gasteiger partial charge in [0.05, 0.1) is 12.5 Å². The van der Waals surface area contributed by atoms with E-state index in [1.165, 1.54) is 0 Å². The first-order chi connectivity index (χ1) is 8.19. The van der Waals surface area contributed by atoms with Crippen LogP contribution in [-0.4, -0.2) is 18.9 Å². The molecule has 0 N–H and O–H groups in total. The lowest BCUT2D eigenvalue weighted by atomic mass is 9.89. The second-order valence-corrected chi connectivity index (χ2v) is 4.03. The van der Waals surface area contributed by atoms with Crippen molar-refractivity contribution in [3.8, 4) is 0 Å². The SMILES string of the molecule is CCOC(=O)C(C)[C@@H](C=O)Cc1ccccc1. The van der Waals surface area contributed by atoms with Gasteiger partial charge in [-0.1, -0.05) is 37.3 Å². The predicted molar refractivity (Wildman–Crippen MR) is 65.5 cm³/mol. The molecule has 1 aromatic carbocycles. The number of ether oxygens (including phenoxy) is 1. The largest absolute Gasteiger partial charge is 0.466 e. The molecule has 0 bridgehead atoms. The number of carbonyl (C=O) groups excluding carboxylic acids is 2. The molecule has 0 saturated heterocycles. The number of benzene rings is 1. The van der Waals surface area contributed by atoms with E-state index in [1.54, 1.807) is 13.8 Å². The molecule has 1 unspecified atom stereocenters. The number of hydrogen-bond acceptors (Lipinski definition) is 3. The smallest absolute Gasteiger partial charge is 0.309 e. The molecule has 0 radical (unpaired) electrons. The fourth-order valence-electron chi connectivity index (χ4n) is 1.68. The highest BCUT2D eigenvalue weighted by Crippen LogP contribution is 2.17. The molecular formula is C14H18O3. The normalized spacial score (nSPS) is 13.8. The van der Waals surface area contributed by atoms with Crippen molar-refractivity contribution in [2.24, 2.45) is 11.8 Å². The predicted octanol–water partition coefficient (Wildman–Crippen LogP) is 2.24. The quantitative estimate of drug-likeness (QED) is 0.560. The van der Waals surface area contributed by atoms with Crippen LogP contribution in [0.25, 0.3) is 0 Å². The Kier molecular flexibility index (Phi) is 5.40. The van der Waals surface area contributed by atoms with Crippen LogP contribution in [0.5, 0.6) is 0 Å². The minimum Gasteiger partial charge on any atom is -0.466 e. The Hall–Kier alpha value is -1.64. The van der Waals surface area contributed by atoms with E-state index < -0.39 is 5.92 Å². The first kappa shape index (κ1) is 13.4. The average Bonchev–Trinajstić information content (AvgIpc) is 2.36. The van der Waals surface area contributed by atoms with Crippen LogP contribution in [0.1, 0.15) is 19.4 Å². The Labute approximate surface area is 102 Å². The molecule has 92 valence electrons. The highest BCUT2D eigenvalue weighted by atomic mass is 16.5. The van der Waals surface area contributed by atoms with Crippen LogP contribution in [0.15, 0.2) is 30.3 Å². The number of hydrogen-bond donors (Lipinski definition) is 0. The first-order valence-electron chi connectivity index (χ1n) is 5.84. The van der Waals surface area contributed by atoms with E-state index in [9.17, 15) is 9.59 Å². The van der Waals surface area contributed by atoms with E-state index in [4.69, 9.17) is 4.74 Å². The van der Waals surface area contributed by atoms with Crippen molar-refractivity contribution < 1.29 is 14.3 Å². The van der Waals surface area contributed by atoms with Crippen LogP contribution >= 0.6 is 0 Å². The summed E-state index contributed by atoms with van der Waals surface area (Å²) in [7, 11) is 0. The fourth-order valence-corrected chi connectivity index (χ4v) is 1.68. The van der Waals surface area contributed by atoms with Crippen molar-refractivity contribution in [2.45, 2.75) is 20.3 Å². The first-order valence-corrected chi connectivity index (χ1v) is 5.84. The zero-order chi connectivity index (χ0) is 12.7. The van der Waals surface area contributed by atoms with Crippen molar-refractivity contribution in [2.75, 3.05) is 6.61 Å². The molecule has 0 aliphatic carbocycles. The van der Waals surface area contributed by atoms with Gasteiger partial charge in [-0.15, -0.1) is 0 Å². The van der Waals surface area contributed by atoms with Gasteiger partial charge in [-0.2, -0.15) is 0 Å². The second-order valence-electron chi connectivity index (χ2n) is 4.03. The number of aldehydes is 1. The molecule has 1 rings (SSSR count). The molecule has 1 aromatic rings. The summed E-state index contributed by atoms with van der Waals surface area (Å²) in [6.45, 7) is 3.85.